The predicted molar refractivity (Wildman–Crippen MR) is 275 cm³/mol. The van der Waals surface area contributed by atoms with Gasteiger partial charge in [-0.3, -0.25) is 14.4 Å². The Labute approximate surface area is 396 Å². The summed E-state index contributed by atoms with van der Waals surface area (Å²) in [5.74, 6) is -0.916. The van der Waals surface area contributed by atoms with Gasteiger partial charge in [0, 0.05) is 19.3 Å². The van der Waals surface area contributed by atoms with Crippen molar-refractivity contribution in [3.8, 4) is 0 Å². The highest BCUT2D eigenvalue weighted by molar-refractivity contribution is 5.71. The van der Waals surface area contributed by atoms with Crippen LogP contribution in [0.4, 0.5) is 0 Å². The van der Waals surface area contributed by atoms with E-state index in [-0.39, 0.29) is 31.1 Å². The van der Waals surface area contributed by atoms with E-state index in [9.17, 15) is 14.4 Å². The van der Waals surface area contributed by atoms with Gasteiger partial charge in [-0.2, -0.15) is 0 Å². The lowest BCUT2D eigenvalue weighted by Crippen LogP contribution is -2.30. The third-order valence-corrected chi connectivity index (χ3v) is 11.8. The van der Waals surface area contributed by atoms with Crippen LogP contribution in [0.2, 0.25) is 0 Å². The second kappa shape index (κ2) is 52.7. The summed E-state index contributed by atoms with van der Waals surface area (Å²) < 4.78 is 16.8. The zero-order valence-electron chi connectivity index (χ0n) is 42.3. The Hall–Kier alpha value is -2.89. The third-order valence-electron chi connectivity index (χ3n) is 11.8. The number of carbonyl (C=O) groups is 3. The molecule has 0 amide bonds. The second-order valence-electron chi connectivity index (χ2n) is 18.2. The molecule has 0 spiro atoms. The van der Waals surface area contributed by atoms with Gasteiger partial charge in [-0.1, -0.05) is 242 Å². The molecular formula is C58H102O6. The average Bonchev–Trinajstić information content (AvgIpc) is 3.29. The number of allylic oxidation sites excluding steroid dienone is 10. The van der Waals surface area contributed by atoms with Gasteiger partial charge in [-0.25, -0.2) is 0 Å². The molecule has 6 nitrogen and oxygen atoms in total. The van der Waals surface area contributed by atoms with Crippen LogP contribution in [0, 0.1) is 0 Å². The van der Waals surface area contributed by atoms with Crippen LogP contribution in [-0.2, 0) is 28.6 Å². The van der Waals surface area contributed by atoms with Gasteiger partial charge in [0.1, 0.15) is 13.2 Å². The number of carbonyl (C=O) groups excluding carboxylic acids is 3. The summed E-state index contributed by atoms with van der Waals surface area (Å²) in [4.78, 5) is 38.0. The molecule has 64 heavy (non-hydrogen) atoms. The summed E-state index contributed by atoms with van der Waals surface area (Å²) in [6.07, 6.45) is 64.9. The van der Waals surface area contributed by atoms with E-state index in [2.05, 4.69) is 81.5 Å². The fourth-order valence-electron chi connectivity index (χ4n) is 7.67. The van der Waals surface area contributed by atoms with Crippen molar-refractivity contribution in [2.24, 2.45) is 0 Å². The highest BCUT2D eigenvalue weighted by Gasteiger charge is 2.19. The van der Waals surface area contributed by atoms with Gasteiger partial charge in [-0.05, 0) is 70.6 Å². The molecule has 0 N–H and O–H groups in total. The number of rotatable bonds is 49. The molecule has 0 fully saturated rings. The van der Waals surface area contributed by atoms with Crippen molar-refractivity contribution in [2.45, 2.75) is 277 Å². The fraction of sp³-hybridized carbons (Fsp3) is 0.776. The molecular weight excluding hydrogens is 793 g/mol. The molecule has 0 heterocycles. The number of esters is 3. The first kappa shape index (κ1) is 61.1. The largest absolute Gasteiger partial charge is 0.462 e. The van der Waals surface area contributed by atoms with Crippen molar-refractivity contribution >= 4 is 17.9 Å². The van der Waals surface area contributed by atoms with Crippen LogP contribution in [0.1, 0.15) is 271 Å². The molecule has 0 aliphatic carbocycles. The van der Waals surface area contributed by atoms with Crippen molar-refractivity contribution in [2.75, 3.05) is 13.2 Å². The van der Waals surface area contributed by atoms with Crippen molar-refractivity contribution in [1.29, 1.82) is 0 Å². The van der Waals surface area contributed by atoms with Crippen LogP contribution in [-0.4, -0.2) is 37.2 Å². The second-order valence-corrected chi connectivity index (χ2v) is 18.2. The summed E-state index contributed by atoms with van der Waals surface area (Å²) in [7, 11) is 0. The van der Waals surface area contributed by atoms with Crippen LogP contribution in [0.15, 0.2) is 60.8 Å². The minimum atomic E-state index is -0.788. The maximum atomic E-state index is 12.8. The molecule has 0 bridgehead atoms. The standard InChI is InChI=1S/C58H102O6/c1-4-7-10-13-16-19-22-24-26-28-30-32-34-36-39-42-45-48-51-57(60)63-54-55(53-62-56(59)50-47-44-41-38-21-18-15-12-9-6-3)64-58(61)52-49-46-43-40-37-35-33-31-29-27-25-23-20-17-14-11-8-5-2/h22,24,26-33,55H,4-21,23,25,34-54H2,1-3H3/b24-22-,28-26-,29-27-,32-30-,33-31-. The van der Waals surface area contributed by atoms with Crippen molar-refractivity contribution in [1.82, 2.24) is 0 Å². The molecule has 1 atom stereocenters. The summed E-state index contributed by atoms with van der Waals surface area (Å²) in [6.45, 7) is 6.59. The van der Waals surface area contributed by atoms with E-state index >= 15 is 0 Å². The lowest BCUT2D eigenvalue weighted by Gasteiger charge is -2.18. The topological polar surface area (TPSA) is 78.9 Å². The lowest BCUT2D eigenvalue weighted by molar-refractivity contribution is -0.167. The highest BCUT2D eigenvalue weighted by atomic mass is 16.6. The fourth-order valence-corrected chi connectivity index (χ4v) is 7.67. The molecule has 0 aromatic rings. The van der Waals surface area contributed by atoms with Crippen LogP contribution < -0.4 is 0 Å². The predicted octanol–water partition coefficient (Wildman–Crippen LogP) is 18.0. The van der Waals surface area contributed by atoms with Crippen LogP contribution in [0.5, 0.6) is 0 Å². The Kier molecular flexibility index (Phi) is 50.4. The maximum absolute atomic E-state index is 12.8. The molecule has 0 aromatic carbocycles. The molecule has 1 unspecified atom stereocenters. The van der Waals surface area contributed by atoms with Gasteiger partial charge in [0.05, 0.1) is 0 Å². The number of hydrogen-bond acceptors (Lipinski definition) is 6. The first-order chi connectivity index (χ1) is 31.5. The molecule has 0 aliphatic heterocycles. The molecule has 370 valence electrons. The van der Waals surface area contributed by atoms with Crippen molar-refractivity contribution in [3.05, 3.63) is 60.8 Å². The van der Waals surface area contributed by atoms with Crippen LogP contribution >= 0.6 is 0 Å². The Morgan fingerprint density at radius 3 is 0.875 bits per heavy atom. The van der Waals surface area contributed by atoms with Gasteiger partial charge in [0.25, 0.3) is 0 Å². The smallest absolute Gasteiger partial charge is 0.306 e. The lowest BCUT2D eigenvalue weighted by atomic mass is 10.1. The highest BCUT2D eigenvalue weighted by Crippen LogP contribution is 2.14. The monoisotopic (exact) mass is 895 g/mol. The summed E-state index contributed by atoms with van der Waals surface area (Å²) >= 11 is 0. The summed E-state index contributed by atoms with van der Waals surface area (Å²) in [5, 5.41) is 0. The van der Waals surface area contributed by atoms with E-state index in [0.29, 0.717) is 19.3 Å². The van der Waals surface area contributed by atoms with Gasteiger partial charge < -0.3 is 14.2 Å². The molecule has 0 radical (unpaired) electrons. The van der Waals surface area contributed by atoms with Gasteiger partial charge in [0.15, 0.2) is 6.10 Å². The molecule has 0 aliphatic rings. The van der Waals surface area contributed by atoms with E-state index in [1.807, 2.05) is 0 Å². The average molecular weight is 895 g/mol. The molecule has 0 saturated heterocycles. The Balaban J connectivity index is 4.40. The molecule has 0 rings (SSSR count). The SMILES string of the molecule is CCCCCCC\C=C/C=C\C=C/CCCCCCCC(=O)OCC(COC(=O)CCCCCCCCCCCC)OC(=O)CCCCCCC/C=C\C=C/CCCCCCCCC. The Morgan fingerprint density at radius 2 is 0.562 bits per heavy atom. The zero-order valence-corrected chi connectivity index (χ0v) is 42.3. The summed E-state index contributed by atoms with van der Waals surface area (Å²) in [5.41, 5.74) is 0. The first-order valence-electron chi connectivity index (χ1n) is 27.3. The Morgan fingerprint density at radius 1 is 0.312 bits per heavy atom. The third kappa shape index (κ3) is 50.1. The normalized spacial score (nSPS) is 12.5. The quantitative estimate of drug-likeness (QED) is 0.0262. The minimum absolute atomic E-state index is 0.0857. The van der Waals surface area contributed by atoms with Gasteiger partial charge in [-0.15, -0.1) is 0 Å². The van der Waals surface area contributed by atoms with Crippen molar-refractivity contribution < 1.29 is 28.6 Å². The van der Waals surface area contributed by atoms with Crippen LogP contribution in [0.3, 0.4) is 0 Å². The molecule has 6 heteroatoms. The minimum Gasteiger partial charge on any atom is -0.462 e. The van der Waals surface area contributed by atoms with E-state index in [0.717, 1.165) is 96.3 Å². The van der Waals surface area contributed by atoms with E-state index in [1.54, 1.807) is 0 Å². The van der Waals surface area contributed by atoms with Crippen molar-refractivity contribution in [3.63, 3.8) is 0 Å². The molecule has 0 aromatic heterocycles. The first-order valence-corrected chi connectivity index (χ1v) is 27.3. The van der Waals surface area contributed by atoms with Gasteiger partial charge >= 0.3 is 17.9 Å². The molecule has 0 saturated carbocycles. The zero-order chi connectivity index (χ0) is 46.5. The number of ether oxygens (including phenoxy) is 3. The van der Waals surface area contributed by atoms with Gasteiger partial charge in [0.2, 0.25) is 0 Å². The summed E-state index contributed by atoms with van der Waals surface area (Å²) in [6, 6.07) is 0. The van der Waals surface area contributed by atoms with E-state index < -0.39 is 6.10 Å². The van der Waals surface area contributed by atoms with Crippen LogP contribution in [0.25, 0.3) is 0 Å². The number of hydrogen-bond donors (Lipinski definition) is 0. The Bertz CT molecular complexity index is 1170. The maximum Gasteiger partial charge on any atom is 0.306 e. The number of unbranched alkanes of at least 4 members (excludes halogenated alkanes) is 31. The van der Waals surface area contributed by atoms with E-state index in [1.165, 1.54) is 135 Å². The van der Waals surface area contributed by atoms with E-state index in [4.69, 9.17) is 14.2 Å².